The van der Waals surface area contributed by atoms with Gasteiger partial charge in [-0.25, -0.2) is 0 Å². The van der Waals surface area contributed by atoms with Crippen LogP contribution in [-0.4, -0.2) is 0 Å². The van der Waals surface area contributed by atoms with Gasteiger partial charge in [-0.1, -0.05) is 230 Å². The number of benzene rings is 11. The Morgan fingerprint density at radius 1 is 0.344 bits per heavy atom. The summed E-state index contributed by atoms with van der Waals surface area (Å²) in [5, 5.41) is -1.77. The highest BCUT2D eigenvalue weighted by atomic mass is 15.1. The van der Waals surface area contributed by atoms with Gasteiger partial charge in [-0.15, -0.1) is 0 Å². The molecule has 11 aromatic rings. The maximum absolute atomic E-state index is 10.9. The van der Waals surface area contributed by atoms with E-state index in [1.807, 2.05) is 0 Å². The van der Waals surface area contributed by atoms with Gasteiger partial charge >= 0.3 is 0 Å². The molecule has 64 heavy (non-hydrogen) atoms. The Balaban J connectivity index is 1.31. The van der Waals surface area contributed by atoms with Gasteiger partial charge in [0, 0.05) is 16.9 Å². The summed E-state index contributed by atoms with van der Waals surface area (Å²) < 4.78 is 298. The van der Waals surface area contributed by atoms with E-state index in [1.165, 1.54) is 18.2 Å². The van der Waals surface area contributed by atoms with E-state index in [9.17, 15) is 21.9 Å². The van der Waals surface area contributed by atoms with Gasteiger partial charge in [0.1, 0.15) is 0 Å². The Hall–Kier alpha value is -8.26. The van der Waals surface area contributed by atoms with E-state index in [2.05, 4.69) is 0 Å². The van der Waals surface area contributed by atoms with E-state index in [-0.39, 0.29) is 39.5 Å². The van der Waals surface area contributed by atoms with Crippen LogP contribution in [0.4, 0.5) is 17.1 Å². The number of rotatable bonds is 8. The van der Waals surface area contributed by atoms with E-state index in [1.54, 1.807) is 0 Å². The van der Waals surface area contributed by atoms with Gasteiger partial charge in [0.05, 0.1) is 55.0 Å². The van der Waals surface area contributed by atoms with E-state index in [0.717, 1.165) is 53.4 Å². The van der Waals surface area contributed by atoms with Gasteiger partial charge in [-0.05, 0) is 113 Å². The molecule has 1 nitrogen and oxygen atoms in total. The lowest BCUT2D eigenvalue weighted by Crippen LogP contribution is -2.28. The van der Waals surface area contributed by atoms with Crippen molar-refractivity contribution < 1.29 is 43.9 Å². The Labute approximate surface area is 419 Å². The molecule has 0 amide bonds. The Morgan fingerprint density at radius 3 is 1.88 bits per heavy atom. The number of hydrogen-bond donors (Lipinski definition) is 0. The van der Waals surface area contributed by atoms with Gasteiger partial charge < -0.3 is 4.90 Å². The van der Waals surface area contributed by atoms with Gasteiger partial charge in [-0.2, -0.15) is 0 Å². The fourth-order valence-electron chi connectivity index (χ4n) is 8.13. The molecule has 1 heteroatoms. The van der Waals surface area contributed by atoms with E-state index < -0.39 is 265 Å². The molecule has 0 saturated carbocycles. The lowest BCUT2D eigenvalue weighted by Gasteiger charge is -2.35. The second-order valence-electron chi connectivity index (χ2n) is 14.4. The zero-order valence-corrected chi connectivity index (χ0v) is 32.8. The molecule has 300 valence electrons. The van der Waals surface area contributed by atoms with Crippen LogP contribution in [0, 0.1) is 0 Å². The largest absolute Gasteiger partial charge is 0.310 e. The summed E-state index contributed by atoms with van der Waals surface area (Å²) in [7, 11) is 0. The molecular formula is C63H43N. The lowest BCUT2D eigenvalue weighted by molar-refractivity contribution is 0.768. The minimum atomic E-state index is -2.91. The summed E-state index contributed by atoms with van der Waals surface area (Å²) in [6, 6.07) is -14.8. The molecule has 0 spiro atoms. The summed E-state index contributed by atoms with van der Waals surface area (Å²) in [5.74, 6) is 0. The number of nitrogens with zero attached hydrogens (tertiary/aromatic N) is 1. The van der Waals surface area contributed by atoms with Crippen molar-refractivity contribution in [3.63, 3.8) is 0 Å². The summed E-state index contributed by atoms with van der Waals surface area (Å²) >= 11 is 0. The standard InChI is InChI=1S/C63H43N/c1-4-16-44(17-5-1)46-28-30-47(31-29-46)48-32-34-50(35-33-48)62-56-25-13-12-19-49(56)37-41-61(62)64(54-38-36-45-18-10-11-20-51(45)42-54)55-39-40-58-57-26-14-15-27-59(57)63(60(58)43-55,52-21-6-2-7-22-52)53-23-8-3-9-24-53/h1-43H/i1D,2D,3D,4D,6D,7D,8D,9D,10D,11D,12D,13D,14D,15D,16D,19D,21D,22D,25D,26D,27D,28D,30D,32D,33D,34D,35D,37D,38D,41D,42D,43D. The highest BCUT2D eigenvalue weighted by Gasteiger charge is 2.46. The van der Waals surface area contributed by atoms with Gasteiger partial charge in [0.15, 0.2) is 0 Å². The van der Waals surface area contributed by atoms with Gasteiger partial charge in [0.25, 0.3) is 0 Å². The molecule has 1 atom stereocenters. The molecule has 1 aliphatic carbocycles. The number of fused-ring (bicyclic) bond motifs is 5. The smallest absolute Gasteiger partial charge is 0.0714 e. The molecule has 0 N–H and O–H groups in total. The Bertz CT molecular complexity index is 5330. The van der Waals surface area contributed by atoms with Crippen LogP contribution in [0.15, 0.2) is 260 Å². The lowest BCUT2D eigenvalue weighted by atomic mass is 9.67. The zero-order chi connectivity index (χ0) is 70.3. The van der Waals surface area contributed by atoms with Crippen molar-refractivity contribution in [1.82, 2.24) is 0 Å². The maximum Gasteiger partial charge on any atom is 0.0714 e. The summed E-state index contributed by atoms with van der Waals surface area (Å²) in [4.78, 5) is 0.758. The first-order valence-corrected chi connectivity index (χ1v) is 19.5. The third-order valence-corrected chi connectivity index (χ3v) is 11.0. The summed E-state index contributed by atoms with van der Waals surface area (Å²) in [5.41, 5.74) is -11.6. The first-order valence-electron chi connectivity index (χ1n) is 35.5. The van der Waals surface area contributed by atoms with Crippen molar-refractivity contribution in [2.75, 3.05) is 4.90 Å². The van der Waals surface area contributed by atoms with E-state index in [4.69, 9.17) is 21.9 Å². The molecule has 0 radical (unpaired) electrons. The van der Waals surface area contributed by atoms with E-state index in [0.29, 0.717) is 0 Å². The van der Waals surface area contributed by atoms with Crippen LogP contribution in [0.2, 0.25) is 0 Å². The molecule has 0 saturated heterocycles. The molecular weight excluding hydrogens is 771 g/mol. The Kier molecular flexibility index (Phi) is 4.17. The molecule has 1 aliphatic rings. The number of hydrogen-bond acceptors (Lipinski definition) is 1. The monoisotopic (exact) mass is 846 g/mol. The van der Waals surface area contributed by atoms with Crippen LogP contribution in [0.1, 0.15) is 66.1 Å². The third kappa shape index (κ3) is 6.16. The maximum atomic E-state index is 10.9. The first-order chi connectivity index (χ1) is 45.0. The first kappa shape index (κ1) is 17.1. The minimum Gasteiger partial charge on any atom is -0.310 e. The molecule has 1 unspecified atom stereocenters. The fraction of sp³-hybridized carbons (Fsp3) is 0.0159. The quantitative estimate of drug-likeness (QED) is 0.147. The topological polar surface area (TPSA) is 3.24 Å². The van der Waals surface area contributed by atoms with Crippen LogP contribution in [-0.2, 0) is 5.41 Å². The molecule has 0 fully saturated rings. The van der Waals surface area contributed by atoms with Crippen LogP contribution in [0.25, 0.3) is 66.1 Å². The van der Waals surface area contributed by atoms with Crippen LogP contribution >= 0.6 is 0 Å². The molecule has 0 aliphatic heterocycles. The van der Waals surface area contributed by atoms with Crippen molar-refractivity contribution in [1.29, 1.82) is 0 Å². The second kappa shape index (κ2) is 15.6. The normalized spacial score (nSPS) is 21.0. The Morgan fingerprint density at radius 2 is 1.02 bits per heavy atom. The van der Waals surface area contributed by atoms with Crippen LogP contribution in [0.3, 0.4) is 0 Å². The molecule has 11 aromatic carbocycles. The third-order valence-electron chi connectivity index (χ3n) is 11.0. The van der Waals surface area contributed by atoms with Crippen molar-refractivity contribution in [3.8, 4) is 44.5 Å². The van der Waals surface area contributed by atoms with Crippen molar-refractivity contribution in [3.05, 3.63) is 282 Å². The van der Waals surface area contributed by atoms with E-state index >= 15 is 0 Å². The predicted octanol–water partition coefficient (Wildman–Crippen LogP) is 16.8. The minimum absolute atomic E-state index is 0.0102. The number of anilines is 3. The summed E-state index contributed by atoms with van der Waals surface area (Å²) in [6.07, 6.45) is 0. The molecule has 12 rings (SSSR count). The van der Waals surface area contributed by atoms with Crippen molar-refractivity contribution in [2.24, 2.45) is 0 Å². The summed E-state index contributed by atoms with van der Waals surface area (Å²) in [6.45, 7) is 0. The predicted molar refractivity (Wildman–Crippen MR) is 270 cm³/mol. The van der Waals surface area contributed by atoms with Crippen LogP contribution in [0.5, 0.6) is 0 Å². The molecule has 0 heterocycles. The second-order valence-corrected chi connectivity index (χ2v) is 14.4. The van der Waals surface area contributed by atoms with Crippen molar-refractivity contribution in [2.45, 2.75) is 5.41 Å². The van der Waals surface area contributed by atoms with Crippen LogP contribution < -0.4 is 4.90 Å². The molecule has 0 aromatic heterocycles. The van der Waals surface area contributed by atoms with Crippen molar-refractivity contribution >= 4 is 38.6 Å². The fourth-order valence-corrected chi connectivity index (χ4v) is 8.13. The SMILES string of the molecule is [2H]c1cc2cc([2H])c(N(c3ccc4c(c3[2H])C(c3cc([2H])c([2H])c([2H])c3)(c3c([2H])c([2H])c([2H])c([2H])c3[2H])c3c([2H])c([2H])c([2H])c([2H])c3-4)c3c([2H])c([2H])c4c([2H])c([2H])c([2H])c([2H])c4c3-c3c([2H])c([2H])c(-c4ccc(-c5ccc([2H])c([2H])c5[2H])c([2H])c4[2H])c([2H])c3[2H])c([2H])c2cc1[2H]. The van der Waals surface area contributed by atoms with Gasteiger partial charge in [0.2, 0.25) is 0 Å². The highest BCUT2D eigenvalue weighted by Crippen LogP contribution is 2.57. The average molecular weight is 846 g/mol. The molecule has 0 bridgehead atoms. The zero-order valence-electron chi connectivity index (χ0n) is 64.8. The van der Waals surface area contributed by atoms with Gasteiger partial charge in [-0.3, -0.25) is 0 Å². The average Bonchev–Trinajstić information content (AvgIpc) is 1.47. The highest BCUT2D eigenvalue weighted by molar-refractivity contribution is 6.06.